The number of amides is 2. The van der Waals surface area contributed by atoms with E-state index in [1.54, 1.807) is 7.05 Å². The standard InChI is InChI=1S/C8H16N2O3/c1-10(12-2)8(11)9-7-4-3-5-13-6-7/h7H,3-6H2,1-2H3,(H,9,11)/t7-/m1/s1. The summed E-state index contributed by atoms with van der Waals surface area (Å²) in [5, 5.41) is 3.97. The van der Waals surface area contributed by atoms with E-state index in [-0.39, 0.29) is 12.1 Å². The topological polar surface area (TPSA) is 50.8 Å². The second-order valence-corrected chi connectivity index (χ2v) is 3.04. The number of urea groups is 1. The fourth-order valence-corrected chi connectivity index (χ4v) is 1.20. The first-order valence-electron chi connectivity index (χ1n) is 4.40. The van der Waals surface area contributed by atoms with Crippen molar-refractivity contribution in [2.24, 2.45) is 0 Å². The van der Waals surface area contributed by atoms with Crippen LogP contribution in [0.3, 0.4) is 0 Å². The van der Waals surface area contributed by atoms with Crippen LogP contribution in [0.25, 0.3) is 0 Å². The van der Waals surface area contributed by atoms with Crippen molar-refractivity contribution in [2.45, 2.75) is 18.9 Å². The zero-order valence-corrected chi connectivity index (χ0v) is 8.08. The average molecular weight is 188 g/mol. The summed E-state index contributed by atoms with van der Waals surface area (Å²) in [6, 6.07) is -0.100. The molecule has 76 valence electrons. The van der Waals surface area contributed by atoms with Crippen LogP contribution in [0.4, 0.5) is 4.79 Å². The van der Waals surface area contributed by atoms with Crippen molar-refractivity contribution >= 4 is 6.03 Å². The maximum atomic E-state index is 11.3. The SMILES string of the molecule is CON(C)C(=O)N[C@@H]1CCCOC1. The van der Waals surface area contributed by atoms with Crippen molar-refractivity contribution in [3.63, 3.8) is 0 Å². The normalized spacial score (nSPS) is 22.5. The zero-order valence-electron chi connectivity index (χ0n) is 8.08. The lowest BCUT2D eigenvalue weighted by molar-refractivity contribution is -0.0670. The quantitative estimate of drug-likeness (QED) is 0.637. The summed E-state index contributed by atoms with van der Waals surface area (Å²) in [4.78, 5) is 16.0. The smallest absolute Gasteiger partial charge is 0.341 e. The van der Waals surface area contributed by atoms with Crippen LogP contribution < -0.4 is 5.32 Å². The molecule has 1 heterocycles. The van der Waals surface area contributed by atoms with E-state index in [9.17, 15) is 4.79 Å². The molecule has 1 fully saturated rings. The molecule has 0 aromatic rings. The van der Waals surface area contributed by atoms with Gasteiger partial charge in [-0.15, -0.1) is 0 Å². The lowest BCUT2D eigenvalue weighted by Crippen LogP contribution is -2.46. The van der Waals surface area contributed by atoms with E-state index in [1.807, 2.05) is 0 Å². The minimum atomic E-state index is -0.224. The monoisotopic (exact) mass is 188 g/mol. The van der Waals surface area contributed by atoms with E-state index in [0.29, 0.717) is 6.61 Å². The van der Waals surface area contributed by atoms with Gasteiger partial charge in [-0.3, -0.25) is 4.84 Å². The second kappa shape index (κ2) is 5.04. The number of hydrogen-bond donors (Lipinski definition) is 1. The highest BCUT2D eigenvalue weighted by Gasteiger charge is 2.17. The summed E-state index contributed by atoms with van der Waals surface area (Å²) in [6.45, 7) is 1.40. The van der Waals surface area contributed by atoms with Gasteiger partial charge in [-0.25, -0.2) is 9.86 Å². The molecule has 1 N–H and O–H groups in total. The predicted molar refractivity (Wildman–Crippen MR) is 47.1 cm³/mol. The van der Waals surface area contributed by atoms with Gasteiger partial charge in [-0.2, -0.15) is 0 Å². The molecule has 1 atom stereocenters. The van der Waals surface area contributed by atoms with Gasteiger partial charge in [0.1, 0.15) is 0 Å². The summed E-state index contributed by atoms with van der Waals surface area (Å²) in [7, 11) is 3.02. The third kappa shape index (κ3) is 3.20. The second-order valence-electron chi connectivity index (χ2n) is 3.04. The minimum Gasteiger partial charge on any atom is -0.379 e. The zero-order chi connectivity index (χ0) is 9.68. The van der Waals surface area contributed by atoms with Gasteiger partial charge in [0.15, 0.2) is 0 Å². The Morgan fingerprint density at radius 1 is 1.69 bits per heavy atom. The molecule has 0 saturated carbocycles. The fourth-order valence-electron chi connectivity index (χ4n) is 1.20. The van der Waals surface area contributed by atoms with Crippen LogP contribution in [-0.4, -0.2) is 44.5 Å². The highest BCUT2D eigenvalue weighted by Crippen LogP contribution is 2.05. The Morgan fingerprint density at radius 2 is 2.46 bits per heavy atom. The Morgan fingerprint density at radius 3 is 3.00 bits per heavy atom. The van der Waals surface area contributed by atoms with E-state index < -0.39 is 0 Å². The van der Waals surface area contributed by atoms with Crippen molar-refractivity contribution in [3.8, 4) is 0 Å². The molecule has 13 heavy (non-hydrogen) atoms. The van der Waals surface area contributed by atoms with Gasteiger partial charge >= 0.3 is 6.03 Å². The number of hydrogen-bond acceptors (Lipinski definition) is 3. The van der Waals surface area contributed by atoms with Gasteiger partial charge < -0.3 is 10.1 Å². The van der Waals surface area contributed by atoms with Crippen LogP contribution in [0.2, 0.25) is 0 Å². The summed E-state index contributed by atoms with van der Waals surface area (Å²) in [5.74, 6) is 0. The van der Waals surface area contributed by atoms with E-state index in [1.165, 1.54) is 7.11 Å². The number of rotatable bonds is 2. The molecule has 1 saturated heterocycles. The number of nitrogens with one attached hydrogen (secondary N) is 1. The highest BCUT2D eigenvalue weighted by molar-refractivity contribution is 5.73. The Bertz CT molecular complexity index is 169. The maximum absolute atomic E-state index is 11.3. The Labute approximate surface area is 77.9 Å². The van der Waals surface area contributed by atoms with Gasteiger partial charge in [-0.1, -0.05) is 0 Å². The lowest BCUT2D eigenvalue weighted by atomic mass is 10.1. The molecule has 5 nitrogen and oxygen atoms in total. The number of nitrogens with zero attached hydrogens (tertiary/aromatic N) is 1. The van der Waals surface area contributed by atoms with E-state index in [0.717, 1.165) is 24.5 Å². The molecule has 1 aliphatic heterocycles. The van der Waals surface area contributed by atoms with Crippen molar-refractivity contribution in [1.29, 1.82) is 0 Å². The van der Waals surface area contributed by atoms with Crippen LogP contribution in [0.1, 0.15) is 12.8 Å². The Balaban J connectivity index is 2.26. The first kappa shape index (κ1) is 10.3. The third-order valence-electron chi connectivity index (χ3n) is 2.05. The number of ether oxygens (including phenoxy) is 1. The molecule has 5 heteroatoms. The summed E-state index contributed by atoms with van der Waals surface area (Å²) in [5.41, 5.74) is 0. The van der Waals surface area contributed by atoms with Crippen LogP contribution >= 0.6 is 0 Å². The molecule has 0 radical (unpaired) electrons. The van der Waals surface area contributed by atoms with Crippen LogP contribution in [0.5, 0.6) is 0 Å². The molecular formula is C8H16N2O3. The van der Waals surface area contributed by atoms with Gasteiger partial charge in [0.2, 0.25) is 0 Å². The molecular weight excluding hydrogens is 172 g/mol. The fraction of sp³-hybridized carbons (Fsp3) is 0.875. The summed E-state index contributed by atoms with van der Waals surface area (Å²) >= 11 is 0. The largest absolute Gasteiger partial charge is 0.379 e. The number of hydroxylamine groups is 2. The van der Waals surface area contributed by atoms with Gasteiger partial charge in [-0.05, 0) is 12.8 Å². The van der Waals surface area contributed by atoms with Crippen LogP contribution in [-0.2, 0) is 9.57 Å². The predicted octanol–water partition coefficient (Wildman–Crippen LogP) is 0.368. The molecule has 0 spiro atoms. The first-order valence-corrected chi connectivity index (χ1v) is 4.40. The first-order chi connectivity index (χ1) is 6.24. The molecule has 0 bridgehead atoms. The highest BCUT2D eigenvalue weighted by atomic mass is 16.7. The van der Waals surface area contributed by atoms with E-state index >= 15 is 0 Å². The van der Waals surface area contributed by atoms with Crippen LogP contribution in [0.15, 0.2) is 0 Å². The lowest BCUT2D eigenvalue weighted by Gasteiger charge is -2.25. The minimum absolute atomic E-state index is 0.124. The molecule has 0 aliphatic carbocycles. The molecule has 0 aromatic heterocycles. The summed E-state index contributed by atoms with van der Waals surface area (Å²) < 4.78 is 5.22. The number of carbonyl (C=O) groups is 1. The molecule has 0 unspecified atom stereocenters. The van der Waals surface area contributed by atoms with Gasteiger partial charge in [0, 0.05) is 13.7 Å². The van der Waals surface area contributed by atoms with Gasteiger partial charge in [0.25, 0.3) is 0 Å². The molecule has 1 aliphatic rings. The van der Waals surface area contributed by atoms with Crippen LogP contribution in [0, 0.1) is 0 Å². The van der Waals surface area contributed by atoms with Crippen molar-refractivity contribution in [2.75, 3.05) is 27.4 Å². The number of carbonyl (C=O) groups excluding carboxylic acids is 1. The van der Waals surface area contributed by atoms with E-state index in [2.05, 4.69) is 5.32 Å². The Hall–Kier alpha value is -0.810. The van der Waals surface area contributed by atoms with Gasteiger partial charge in [0.05, 0.1) is 19.8 Å². The average Bonchev–Trinajstić information content (AvgIpc) is 2.18. The maximum Gasteiger partial charge on any atom is 0.341 e. The van der Waals surface area contributed by atoms with Crippen molar-refractivity contribution in [3.05, 3.63) is 0 Å². The molecule has 1 rings (SSSR count). The molecule has 2 amide bonds. The molecule has 0 aromatic carbocycles. The van der Waals surface area contributed by atoms with E-state index in [4.69, 9.17) is 9.57 Å². The Kier molecular flexibility index (Phi) is 3.98. The van der Waals surface area contributed by atoms with Crippen molar-refractivity contribution < 1.29 is 14.4 Å². The third-order valence-corrected chi connectivity index (χ3v) is 2.05. The van der Waals surface area contributed by atoms with Crippen molar-refractivity contribution in [1.82, 2.24) is 10.4 Å². The summed E-state index contributed by atoms with van der Waals surface area (Å²) in [6.07, 6.45) is 1.98.